The maximum Gasteiger partial charge on any atom is 0.303 e. The predicted molar refractivity (Wildman–Crippen MR) is 218 cm³/mol. The molecule has 1 amide bonds. The van der Waals surface area contributed by atoms with Crippen LogP contribution in [0.15, 0.2) is 30.6 Å². The number of aryl methyl sites for hydroxylation is 2. The van der Waals surface area contributed by atoms with Gasteiger partial charge in [-0.3, -0.25) is 19.4 Å². The number of benzene rings is 1. The molecule has 0 bridgehead atoms. The van der Waals surface area contributed by atoms with Crippen molar-refractivity contribution in [2.75, 3.05) is 45.8 Å². The SMILES string of the molecule is CCCCCCCCCC(=O)O.Cc1ncnc(C)c1C(=O)N1CCC(C)(N2CCN([C@H](c3cccc(F)c3)C3CCN(S(=O)(=O)C4CC4)CC3)[C@H](C)C2)CC1. The summed E-state index contributed by atoms with van der Waals surface area (Å²) in [4.78, 5) is 39.1. The van der Waals surface area contributed by atoms with Gasteiger partial charge in [-0.25, -0.2) is 27.1 Å². The van der Waals surface area contributed by atoms with Gasteiger partial charge in [-0.05, 0) is 96.3 Å². The van der Waals surface area contributed by atoms with Gasteiger partial charge in [-0.1, -0.05) is 57.6 Å². The van der Waals surface area contributed by atoms with E-state index in [2.05, 4.69) is 40.5 Å². The van der Waals surface area contributed by atoms with Crippen LogP contribution in [0.4, 0.5) is 4.39 Å². The molecule has 11 nitrogen and oxygen atoms in total. The topological polar surface area (TPSA) is 127 Å². The number of sulfonamides is 1. The Labute approximate surface area is 335 Å². The van der Waals surface area contributed by atoms with Crippen LogP contribution in [0.25, 0.3) is 0 Å². The quantitative estimate of drug-likeness (QED) is 0.184. The smallest absolute Gasteiger partial charge is 0.303 e. The van der Waals surface area contributed by atoms with Gasteiger partial charge in [0, 0.05) is 69.9 Å². The Balaban J connectivity index is 0.000000433. The van der Waals surface area contributed by atoms with Crippen LogP contribution in [0.2, 0.25) is 0 Å². The standard InChI is InChI=1S/C33H47FN6O3S.C10H20O2/c1-23-21-38(33(4)12-16-37(17-13-33)32(41)30-24(2)35-22-36-25(30)3)18-19-40(23)31(27-6-5-7-28(34)20-27)26-10-14-39(15-11-26)44(42,43)29-8-9-29;1-2-3-4-5-6-7-8-9-10(11)12/h5-7,20,22-23,26,29,31H,8-19,21H2,1-4H3;2-9H2,1H3,(H,11,12)/t23-,31+;/m1./s1. The summed E-state index contributed by atoms with van der Waals surface area (Å²) in [5.41, 5.74) is 3.05. The lowest BCUT2D eigenvalue weighted by Crippen LogP contribution is -2.63. The van der Waals surface area contributed by atoms with Gasteiger partial charge in [0.05, 0.1) is 22.2 Å². The molecule has 56 heavy (non-hydrogen) atoms. The van der Waals surface area contributed by atoms with E-state index in [9.17, 15) is 22.4 Å². The van der Waals surface area contributed by atoms with E-state index in [4.69, 9.17) is 5.11 Å². The first-order chi connectivity index (χ1) is 26.7. The Morgan fingerprint density at radius 3 is 2.11 bits per heavy atom. The zero-order valence-corrected chi connectivity index (χ0v) is 35.4. The summed E-state index contributed by atoms with van der Waals surface area (Å²) in [6.07, 6.45) is 15.1. The third-order valence-electron chi connectivity index (χ3n) is 12.8. The van der Waals surface area contributed by atoms with E-state index in [1.54, 1.807) is 16.4 Å². The Bertz CT molecular complexity index is 1690. The van der Waals surface area contributed by atoms with Crippen molar-refractivity contribution in [1.29, 1.82) is 0 Å². The van der Waals surface area contributed by atoms with Gasteiger partial charge >= 0.3 is 5.97 Å². The first-order valence-corrected chi connectivity index (χ1v) is 22.8. The number of aliphatic carboxylic acids is 1. The molecule has 0 unspecified atom stereocenters. The van der Waals surface area contributed by atoms with Gasteiger partial charge in [0.15, 0.2) is 0 Å². The lowest BCUT2D eigenvalue weighted by atomic mass is 9.82. The number of nitrogens with zero attached hydrogens (tertiary/aromatic N) is 6. The molecule has 1 saturated carbocycles. The van der Waals surface area contributed by atoms with Gasteiger partial charge in [-0.2, -0.15) is 0 Å². The van der Waals surface area contributed by atoms with E-state index in [1.807, 2.05) is 24.8 Å². The number of unbranched alkanes of at least 4 members (excludes halogenated alkanes) is 6. The van der Waals surface area contributed by atoms with Crippen LogP contribution < -0.4 is 0 Å². The third kappa shape index (κ3) is 11.3. The van der Waals surface area contributed by atoms with Crippen LogP contribution in [-0.4, -0.2) is 117 Å². The summed E-state index contributed by atoms with van der Waals surface area (Å²) in [6, 6.07) is 7.29. The minimum atomic E-state index is -3.18. The van der Waals surface area contributed by atoms with E-state index >= 15 is 0 Å². The van der Waals surface area contributed by atoms with Crippen LogP contribution in [-0.2, 0) is 14.8 Å². The molecule has 3 aliphatic heterocycles. The molecule has 312 valence electrons. The number of carboxylic acid groups (broad SMARTS) is 1. The molecule has 0 radical (unpaired) electrons. The average molecular weight is 799 g/mol. The van der Waals surface area contributed by atoms with E-state index in [-0.39, 0.29) is 40.5 Å². The van der Waals surface area contributed by atoms with Crippen molar-refractivity contribution in [1.82, 2.24) is 29.0 Å². The Hall–Kier alpha value is -3.00. The fraction of sp³-hybridized carbons (Fsp3) is 0.721. The molecule has 4 fully saturated rings. The van der Waals surface area contributed by atoms with Gasteiger partial charge in [0.25, 0.3) is 5.91 Å². The fourth-order valence-electron chi connectivity index (χ4n) is 9.12. The summed E-state index contributed by atoms with van der Waals surface area (Å²) < 4.78 is 42.0. The Kier molecular flexibility index (Phi) is 15.8. The normalized spacial score (nSPS) is 22.0. The van der Waals surface area contributed by atoms with Crippen molar-refractivity contribution in [3.63, 3.8) is 0 Å². The number of carboxylic acids is 1. The van der Waals surface area contributed by atoms with Crippen molar-refractivity contribution in [3.8, 4) is 0 Å². The molecular formula is C43H67FN6O5S. The van der Waals surface area contributed by atoms with Crippen molar-refractivity contribution in [2.45, 2.75) is 147 Å². The van der Waals surface area contributed by atoms with Gasteiger partial charge in [-0.15, -0.1) is 0 Å². The minimum Gasteiger partial charge on any atom is -0.481 e. The van der Waals surface area contributed by atoms with Gasteiger partial charge in [0.2, 0.25) is 10.0 Å². The van der Waals surface area contributed by atoms with Crippen molar-refractivity contribution in [2.24, 2.45) is 5.92 Å². The van der Waals surface area contributed by atoms with E-state index in [1.165, 1.54) is 44.5 Å². The summed E-state index contributed by atoms with van der Waals surface area (Å²) in [7, 11) is -3.18. The van der Waals surface area contributed by atoms with Gasteiger partial charge < -0.3 is 10.0 Å². The molecule has 4 aliphatic rings. The molecule has 6 rings (SSSR count). The van der Waals surface area contributed by atoms with Crippen LogP contribution in [0.3, 0.4) is 0 Å². The number of carbonyl (C=O) groups is 2. The Morgan fingerprint density at radius 1 is 0.911 bits per heavy atom. The molecule has 1 aromatic carbocycles. The molecule has 0 spiro atoms. The second-order valence-electron chi connectivity index (χ2n) is 17.0. The highest BCUT2D eigenvalue weighted by Gasteiger charge is 2.45. The third-order valence-corrected chi connectivity index (χ3v) is 15.2. The number of piperidine rings is 2. The number of hydrogen-bond acceptors (Lipinski definition) is 8. The van der Waals surface area contributed by atoms with Crippen molar-refractivity contribution in [3.05, 3.63) is 58.9 Å². The summed E-state index contributed by atoms with van der Waals surface area (Å²) >= 11 is 0. The number of halogens is 1. The maximum absolute atomic E-state index is 14.5. The molecule has 2 aromatic rings. The summed E-state index contributed by atoms with van der Waals surface area (Å²) in [5.74, 6) is -0.609. The van der Waals surface area contributed by atoms with Crippen molar-refractivity contribution < 1.29 is 27.5 Å². The largest absolute Gasteiger partial charge is 0.481 e. The van der Waals surface area contributed by atoms with Crippen LogP contribution in [0.1, 0.15) is 144 Å². The summed E-state index contributed by atoms with van der Waals surface area (Å²) in [6.45, 7) is 15.7. The number of carbonyl (C=O) groups excluding carboxylic acids is 1. The highest BCUT2D eigenvalue weighted by Crippen LogP contribution is 2.41. The zero-order valence-electron chi connectivity index (χ0n) is 34.6. The van der Waals surface area contributed by atoms with Crippen LogP contribution >= 0.6 is 0 Å². The molecule has 2 atom stereocenters. The average Bonchev–Trinajstić information content (AvgIpc) is 4.03. The summed E-state index contributed by atoms with van der Waals surface area (Å²) in [5, 5.41) is 8.17. The molecular weight excluding hydrogens is 732 g/mol. The number of rotatable bonds is 15. The fourth-order valence-corrected chi connectivity index (χ4v) is 11.0. The lowest BCUT2D eigenvalue weighted by Gasteiger charge is -2.54. The van der Waals surface area contributed by atoms with Crippen molar-refractivity contribution >= 4 is 21.9 Å². The number of hydrogen-bond donors (Lipinski definition) is 1. The molecule has 1 aliphatic carbocycles. The number of likely N-dealkylation sites (tertiary alicyclic amines) is 1. The Morgan fingerprint density at radius 2 is 1.54 bits per heavy atom. The van der Waals surface area contributed by atoms with E-state index < -0.39 is 16.0 Å². The number of piperazine rings is 1. The highest BCUT2D eigenvalue weighted by atomic mass is 32.2. The first kappa shape index (κ1) is 44.1. The molecule has 13 heteroatoms. The predicted octanol–water partition coefficient (Wildman–Crippen LogP) is 7.39. The number of aromatic nitrogens is 2. The molecule has 1 aromatic heterocycles. The van der Waals surface area contributed by atoms with Crippen LogP contribution in [0.5, 0.6) is 0 Å². The first-order valence-electron chi connectivity index (χ1n) is 21.3. The molecule has 4 heterocycles. The minimum absolute atomic E-state index is 0.00866. The second kappa shape index (κ2) is 20.1. The highest BCUT2D eigenvalue weighted by molar-refractivity contribution is 7.90. The number of amides is 1. The lowest BCUT2D eigenvalue weighted by molar-refractivity contribution is -0.137. The van der Waals surface area contributed by atoms with E-state index in [0.29, 0.717) is 38.2 Å². The zero-order chi connectivity index (χ0) is 40.5. The van der Waals surface area contributed by atoms with E-state index in [0.717, 1.165) is 88.0 Å². The monoisotopic (exact) mass is 798 g/mol. The van der Waals surface area contributed by atoms with Crippen LogP contribution in [0, 0.1) is 25.6 Å². The molecule has 3 saturated heterocycles. The molecule has 1 N–H and O–H groups in total. The maximum atomic E-state index is 14.5. The second-order valence-corrected chi connectivity index (χ2v) is 19.2. The van der Waals surface area contributed by atoms with Gasteiger partial charge in [0.1, 0.15) is 12.1 Å².